The van der Waals surface area contributed by atoms with Crippen molar-refractivity contribution in [2.24, 2.45) is 0 Å². The van der Waals surface area contributed by atoms with Gasteiger partial charge in [-0.3, -0.25) is 14.5 Å². The van der Waals surface area contributed by atoms with Crippen LogP contribution in [0.25, 0.3) is 0 Å². The highest BCUT2D eigenvalue weighted by Crippen LogP contribution is 2.21. The summed E-state index contributed by atoms with van der Waals surface area (Å²) >= 11 is 0. The van der Waals surface area contributed by atoms with E-state index in [0.29, 0.717) is 12.1 Å². The van der Waals surface area contributed by atoms with E-state index < -0.39 is 29.0 Å². The summed E-state index contributed by atoms with van der Waals surface area (Å²) in [5.41, 5.74) is -0.473. The average Bonchev–Trinajstić information content (AvgIpc) is 2.90. The molecule has 1 aliphatic rings. The van der Waals surface area contributed by atoms with Gasteiger partial charge in [-0.25, -0.2) is 13.2 Å². The molecular weight excluding hydrogens is 347 g/mol. The number of benzene rings is 1. The first-order valence-corrected chi connectivity index (χ1v) is 8.78. The Hall–Kier alpha value is -2.09. The quantitative estimate of drug-likeness (QED) is 0.597. The summed E-state index contributed by atoms with van der Waals surface area (Å²) in [7, 11) is 1.88. The molecule has 5 nitrogen and oxygen atoms in total. The molecule has 0 aliphatic heterocycles. The van der Waals surface area contributed by atoms with Gasteiger partial charge in [0.15, 0.2) is 17.5 Å². The summed E-state index contributed by atoms with van der Waals surface area (Å²) in [5.74, 6) is -5.51. The van der Waals surface area contributed by atoms with Crippen molar-refractivity contribution in [3.05, 3.63) is 29.6 Å². The van der Waals surface area contributed by atoms with Crippen LogP contribution in [0.4, 0.5) is 18.9 Å². The van der Waals surface area contributed by atoms with E-state index in [2.05, 4.69) is 10.6 Å². The van der Waals surface area contributed by atoms with E-state index in [0.717, 1.165) is 31.7 Å². The number of likely N-dealkylation sites (N-methyl/N-ethyl adjacent to an activating group) is 1. The largest absolute Gasteiger partial charge is 0.346 e. The van der Waals surface area contributed by atoms with E-state index >= 15 is 0 Å². The van der Waals surface area contributed by atoms with E-state index in [4.69, 9.17) is 0 Å². The van der Waals surface area contributed by atoms with E-state index in [9.17, 15) is 22.8 Å². The molecule has 144 valence electrons. The lowest BCUT2D eigenvalue weighted by molar-refractivity contribution is -0.125. The fourth-order valence-electron chi connectivity index (χ4n) is 3.11. The van der Waals surface area contributed by atoms with Crippen molar-refractivity contribution < 1.29 is 22.8 Å². The van der Waals surface area contributed by atoms with Crippen molar-refractivity contribution in [1.82, 2.24) is 10.2 Å². The molecule has 2 rings (SSSR count). The lowest BCUT2D eigenvalue weighted by atomic mass is 10.1. The van der Waals surface area contributed by atoms with Crippen LogP contribution in [0.1, 0.15) is 38.5 Å². The van der Waals surface area contributed by atoms with Gasteiger partial charge in [0.2, 0.25) is 11.8 Å². The maximum Gasteiger partial charge on any atom is 0.243 e. The Morgan fingerprint density at radius 2 is 1.69 bits per heavy atom. The van der Waals surface area contributed by atoms with Crippen molar-refractivity contribution in [3.8, 4) is 0 Å². The smallest absolute Gasteiger partial charge is 0.243 e. The molecule has 2 N–H and O–H groups in total. The number of carbonyl (C=O) groups excluding carboxylic acids is 2. The first kappa shape index (κ1) is 20.2. The Morgan fingerprint density at radius 1 is 1.04 bits per heavy atom. The second-order valence-electron chi connectivity index (χ2n) is 6.61. The van der Waals surface area contributed by atoms with Gasteiger partial charge in [-0.05, 0) is 32.0 Å². The Kier molecular flexibility index (Phi) is 7.44. The highest BCUT2D eigenvalue weighted by molar-refractivity contribution is 5.94. The predicted octanol–water partition coefficient (Wildman–Crippen LogP) is 2.81. The van der Waals surface area contributed by atoms with Gasteiger partial charge in [0, 0.05) is 6.04 Å². The normalized spacial score (nSPS) is 15.6. The summed E-state index contributed by atoms with van der Waals surface area (Å²) in [6, 6.07) is 2.00. The molecular formula is C18H24F3N3O2. The van der Waals surface area contributed by atoms with E-state index in [1.165, 1.54) is 12.8 Å². The van der Waals surface area contributed by atoms with Crippen LogP contribution in [0, 0.1) is 17.5 Å². The molecule has 2 amide bonds. The Labute approximate surface area is 150 Å². The monoisotopic (exact) mass is 371 g/mol. The Balaban J connectivity index is 1.78. The molecule has 1 saturated carbocycles. The van der Waals surface area contributed by atoms with Crippen LogP contribution in [0.5, 0.6) is 0 Å². The summed E-state index contributed by atoms with van der Waals surface area (Å²) in [4.78, 5) is 25.7. The van der Waals surface area contributed by atoms with Gasteiger partial charge in [0.1, 0.15) is 0 Å². The van der Waals surface area contributed by atoms with Gasteiger partial charge < -0.3 is 10.6 Å². The third-order valence-corrected chi connectivity index (χ3v) is 4.60. The summed E-state index contributed by atoms with van der Waals surface area (Å²) in [5, 5.41) is 4.56. The first-order valence-electron chi connectivity index (χ1n) is 8.78. The highest BCUT2D eigenvalue weighted by Gasteiger charge is 2.19. The maximum absolute atomic E-state index is 13.5. The molecule has 0 heterocycles. The van der Waals surface area contributed by atoms with Crippen molar-refractivity contribution in [2.75, 3.05) is 25.5 Å². The zero-order valence-electron chi connectivity index (χ0n) is 14.8. The fraction of sp³-hybridized carbons (Fsp3) is 0.556. The van der Waals surface area contributed by atoms with E-state index in [1.807, 2.05) is 11.9 Å². The minimum absolute atomic E-state index is 0.164. The van der Waals surface area contributed by atoms with Gasteiger partial charge in [-0.1, -0.05) is 25.7 Å². The lowest BCUT2D eigenvalue weighted by Gasteiger charge is -2.26. The van der Waals surface area contributed by atoms with Crippen LogP contribution in [0.15, 0.2) is 12.1 Å². The van der Waals surface area contributed by atoms with Gasteiger partial charge >= 0.3 is 0 Å². The van der Waals surface area contributed by atoms with Crippen LogP contribution < -0.4 is 10.6 Å². The van der Waals surface area contributed by atoms with Crippen molar-refractivity contribution in [2.45, 2.75) is 44.6 Å². The number of carbonyl (C=O) groups is 2. The Morgan fingerprint density at radius 3 is 2.35 bits per heavy atom. The molecule has 1 aliphatic carbocycles. The second-order valence-corrected chi connectivity index (χ2v) is 6.61. The molecule has 0 radical (unpaired) electrons. The predicted molar refractivity (Wildman–Crippen MR) is 92.1 cm³/mol. The molecule has 1 fully saturated rings. The zero-order chi connectivity index (χ0) is 19.1. The summed E-state index contributed by atoms with van der Waals surface area (Å²) < 4.78 is 39.5. The van der Waals surface area contributed by atoms with E-state index in [1.54, 1.807) is 0 Å². The SMILES string of the molecule is CN(CC(=O)NCC(=O)Nc1ccc(F)c(F)c1F)C1CCCCCC1. The standard InChI is InChI=1S/C18H24F3N3O2/c1-24(12-6-4-2-3-5-7-12)11-16(26)22-10-15(25)23-14-9-8-13(19)17(20)18(14)21/h8-9,12H,2-7,10-11H2,1H3,(H,22,26)(H,23,25). The minimum Gasteiger partial charge on any atom is -0.346 e. The van der Waals surface area contributed by atoms with Crippen LogP contribution in [-0.2, 0) is 9.59 Å². The molecule has 0 atom stereocenters. The molecule has 1 aromatic rings. The van der Waals surface area contributed by atoms with Crippen molar-refractivity contribution >= 4 is 17.5 Å². The van der Waals surface area contributed by atoms with Crippen molar-refractivity contribution in [1.29, 1.82) is 0 Å². The third kappa shape index (κ3) is 5.72. The van der Waals surface area contributed by atoms with Crippen molar-refractivity contribution in [3.63, 3.8) is 0 Å². The fourth-order valence-corrected chi connectivity index (χ4v) is 3.11. The molecule has 0 unspecified atom stereocenters. The average molecular weight is 371 g/mol. The highest BCUT2D eigenvalue weighted by atomic mass is 19.2. The number of nitrogens with one attached hydrogen (secondary N) is 2. The van der Waals surface area contributed by atoms with Gasteiger partial charge in [0.25, 0.3) is 0 Å². The van der Waals surface area contributed by atoms with Crippen LogP contribution in [-0.4, -0.2) is 42.9 Å². The minimum atomic E-state index is -1.66. The number of amides is 2. The maximum atomic E-state index is 13.5. The van der Waals surface area contributed by atoms with Crippen LogP contribution >= 0.6 is 0 Å². The third-order valence-electron chi connectivity index (χ3n) is 4.60. The molecule has 0 aromatic heterocycles. The second kappa shape index (κ2) is 9.56. The molecule has 0 bridgehead atoms. The topological polar surface area (TPSA) is 61.4 Å². The van der Waals surface area contributed by atoms with Crippen LogP contribution in [0.2, 0.25) is 0 Å². The molecule has 1 aromatic carbocycles. The lowest BCUT2D eigenvalue weighted by Crippen LogP contribution is -2.42. The first-order chi connectivity index (χ1) is 12.4. The molecule has 26 heavy (non-hydrogen) atoms. The number of hydrogen-bond acceptors (Lipinski definition) is 3. The van der Waals surface area contributed by atoms with Gasteiger partial charge in [-0.2, -0.15) is 0 Å². The zero-order valence-corrected chi connectivity index (χ0v) is 14.8. The number of hydrogen-bond donors (Lipinski definition) is 2. The van der Waals surface area contributed by atoms with Crippen LogP contribution in [0.3, 0.4) is 0 Å². The molecule has 0 spiro atoms. The number of rotatable bonds is 6. The Bertz CT molecular complexity index is 647. The van der Waals surface area contributed by atoms with Gasteiger partial charge in [0.05, 0.1) is 18.8 Å². The summed E-state index contributed by atoms with van der Waals surface area (Å²) in [6.45, 7) is -0.215. The number of anilines is 1. The molecule has 8 heteroatoms. The molecule has 0 saturated heterocycles. The number of nitrogens with zero attached hydrogens (tertiary/aromatic N) is 1. The van der Waals surface area contributed by atoms with Gasteiger partial charge in [-0.15, -0.1) is 0 Å². The van der Waals surface area contributed by atoms with E-state index in [-0.39, 0.29) is 19.0 Å². The number of halogens is 3. The summed E-state index contributed by atoms with van der Waals surface area (Å²) in [6.07, 6.45) is 6.85.